The number of ether oxygens (including phenoxy) is 1. The Bertz CT molecular complexity index is 916. The van der Waals surface area contributed by atoms with E-state index in [2.05, 4.69) is 23.7 Å². The number of aliphatic hydroxyl groups excluding tert-OH is 1. The minimum absolute atomic E-state index is 0.0569. The molecule has 2 aliphatic rings. The first-order valence-electron chi connectivity index (χ1n) is 12.7. The first-order valence-corrected chi connectivity index (χ1v) is 12.7. The summed E-state index contributed by atoms with van der Waals surface area (Å²) in [5.41, 5.74) is 1.01. The lowest BCUT2D eigenvalue weighted by Crippen LogP contribution is -2.51. The average molecular weight is 470 g/mol. The third kappa shape index (κ3) is 6.29. The number of aromatic nitrogens is 1. The zero-order valence-corrected chi connectivity index (χ0v) is 21.0. The number of carbonyl (C=O) groups is 2. The molecule has 7 heteroatoms. The van der Waals surface area contributed by atoms with E-state index in [1.54, 1.807) is 22.1 Å². The topological polar surface area (TPSA) is 83.0 Å². The van der Waals surface area contributed by atoms with Crippen LogP contribution in [0.25, 0.3) is 0 Å². The molecule has 1 aromatic heterocycles. The average Bonchev–Trinajstić information content (AvgIpc) is 2.86. The number of pyridine rings is 1. The third-order valence-electron chi connectivity index (χ3n) is 6.91. The Kier molecular flexibility index (Phi) is 9.35. The Morgan fingerprint density at radius 3 is 2.76 bits per heavy atom. The number of nitrogens with zero attached hydrogens (tertiary/aromatic N) is 3. The predicted octanol–water partition coefficient (Wildman–Crippen LogP) is 3.49. The summed E-state index contributed by atoms with van der Waals surface area (Å²) in [5.74, 6) is 6.40. The SMILES string of the molecule is CCCC#Cc1cnc2c(c1)C(=O)N([C@@H](C)CO)C[C@@H](C)[C@@H](CN(C)C(=O)C1CCCCC1)O2. The Hall–Kier alpha value is -2.59. The van der Waals surface area contributed by atoms with Gasteiger partial charge in [-0.3, -0.25) is 9.59 Å². The van der Waals surface area contributed by atoms with Crippen LogP contribution in [0.4, 0.5) is 0 Å². The van der Waals surface area contributed by atoms with Crippen LogP contribution in [0.2, 0.25) is 0 Å². The van der Waals surface area contributed by atoms with E-state index in [9.17, 15) is 14.7 Å². The summed E-state index contributed by atoms with van der Waals surface area (Å²) in [4.78, 5) is 34.4. The molecule has 0 unspecified atom stereocenters. The molecule has 0 radical (unpaired) electrons. The Morgan fingerprint density at radius 1 is 1.35 bits per heavy atom. The number of carbonyl (C=O) groups excluding carboxylic acids is 2. The van der Waals surface area contributed by atoms with Gasteiger partial charge in [0.1, 0.15) is 11.7 Å². The minimum atomic E-state index is -0.349. The maximum absolute atomic E-state index is 13.4. The van der Waals surface area contributed by atoms with E-state index in [0.717, 1.165) is 38.5 Å². The van der Waals surface area contributed by atoms with Crippen molar-refractivity contribution < 1.29 is 19.4 Å². The molecule has 2 heterocycles. The summed E-state index contributed by atoms with van der Waals surface area (Å²) < 4.78 is 6.31. The minimum Gasteiger partial charge on any atom is -0.472 e. The largest absolute Gasteiger partial charge is 0.472 e. The van der Waals surface area contributed by atoms with Gasteiger partial charge < -0.3 is 19.6 Å². The van der Waals surface area contributed by atoms with Crippen LogP contribution >= 0.6 is 0 Å². The van der Waals surface area contributed by atoms with Gasteiger partial charge in [0.25, 0.3) is 5.91 Å². The Morgan fingerprint density at radius 2 is 2.09 bits per heavy atom. The summed E-state index contributed by atoms with van der Waals surface area (Å²) in [6.07, 6.45) is 8.36. The number of hydrogen-bond acceptors (Lipinski definition) is 5. The monoisotopic (exact) mass is 469 g/mol. The Labute approximate surface area is 203 Å². The van der Waals surface area contributed by atoms with Crippen molar-refractivity contribution in [2.24, 2.45) is 11.8 Å². The number of rotatable bonds is 6. The summed E-state index contributed by atoms with van der Waals surface area (Å²) >= 11 is 0. The van der Waals surface area contributed by atoms with Crippen molar-refractivity contribution in [3.8, 4) is 17.7 Å². The molecule has 1 aliphatic carbocycles. The molecule has 3 rings (SSSR count). The van der Waals surface area contributed by atoms with Gasteiger partial charge in [0, 0.05) is 43.6 Å². The number of fused-ring (bicyclic) bond motifs is 1. The van der Waals surface area contributed by atoms with Crippen LogP contribution in [0.15, 0.2) is 12.3 Å². The van der Waals surface area contributed by atoms with Gasteiger partial charge in [-0.1, -0.05) is 45.0 Å². The number of amides is 2. The van der Waals surface area contributed by atoms with E-state index < -0.39 is 0 Å². The quantitative estimate of drug-likeness (QED) is 0.645. The van der Waals surface area contributed by atoms with Gasteiger partial charge in [0.15, 0.2) is 0 Å². The van der Waals surface area contributed by atoms with Crippen molar-refractivity contribution in [3.63, 3.8) is 0 Å². The highest BCUT2D eigenvalue weighted by molar-refractivity contribution is 5.97. The molecule has 2 amide bonds. The molecule has 34 heavy (non-hydrogen) atoms. The van der Waals surface area contributed by atoms with Gasteiger partial charge in [-0.15, -0.1) is 0 Å². The van der Waals surface area contributed by atoms with Gasteiger partial charge >= 0.3 is 0 Å². The van der Waals surface area contributed by atoms with Crippen molar-refractivity contribution in [1.82, 2.24) is 14.8 Å². The second kappa shape index (κ2) is 12.2. The number of likely N-dealkylation sites (N-methyl/N-ethyl adjacent to an activating group) is 1. The third-order valence-corrected chi connectivity index (χ3v) is 6.91. The molecule has 3 atom stereocenters. The first kappa shape index (κ1) is 26.0. The van der Waals surface area contributed by atoms with Gasteiger partial charge in [-0.2, -0.15) is 0 Å². The van der Waals surface area contributed by atoms with Crippen molar-refractivity contribution in [2.45, 2.75) is 77.9 Å². The predicted molar refractivity (Wildman–Crippen MR) is 131 cm³/mol. The lowest BCUT2D eigenvalue weighted by Gasteiger charge is -2.38. The van der Waals surface area contributed by atoms with Crippen molar-refractivity contribution in [2.75, 3.05) is 26.7 Å². The van der Waals surface area contributed by atoms with Gasteiger partial charge in [0.2, 0.25) is 11.8 Å². The van der Waals surface area contributed by atoms with Crippen molar-refractivity contribution in [3.05, 3.63) is 23.4 Å². The van der Waals surface area contributed by atoms with Gasteiger partial charge in [-0.05, 0) is 32.3 Å². The Balaban J connectivity index is 1.88. The smallest absolute Gasteiger partial charge is 0.259 e. The molecular weight excluding hydrogens is 430 g/mol. The fraction of sp³-hybridized carbons (Fsp3) is 0.667. The van der Waals surface area contributed by atoms with Crippen LogP contribution in [0.5, 0.6) is 5.88 Å². The fourth-order valence-corrected chi connectivity index (χ4v) is 4.70. The number of aliphatic hydroxyl groups is 1. The molecule has 7 nitrogen and oxygen atoms in total. The molecule has 1 fully saturated rings. The summed E-state index contributed by atoms with van der Waals surface area (Å²) in [7, 11) is 1.84. The van der Waals surface area contributed by atoms with Gasteiger partial charge in [-0.25, -0.2) is 4.98 Å². The molecule has 1 N–H and O–H groups in total. The molecule has 0 aromatic carbocycles. The van der Waals surface area contributed by atoms with Crippen LogP contribution in [-0.4, -0.2) is 70.6 Å². The number of hydrogen-bond donors (Lipinski definition) is 1. The van der Waals surface area contributed by atoms with Gasteiger partial charge in [0.05, 0.1) is 19.2 Å². The van der Waals surface area contributed by atoms with Crippen LogP contribution in [0, 0.1) is 23.7 Å². The first-order chi connectivity index (χ1) is 16.3. The van der Waals surface area contributed by atoms with E-state index in [1.807, 2.05) is 20.9 Å². The van der Waals surface area contributed by atoms with Crippen LogP contribution in [0.1, 0.15) is 81.6 Å². The lowest BCUT2D eigenvalue weighted by molar-refractivity contribution is -0.136. The maximum atomic E-state index is 13.4. The lowest BCUT2D eigenvalue weighted by atomic mass is 9.88. The molecule has 1 saturated carbocycles. The highest BCUT2D eigenvalue weighted by Gasteiger charge is 2.35. The van der Waals surface area contributed by atoms with Crippen LogP contribution in [0.3, 0.4) is 0 Å². The molecule has 1 aromatic rings. The maximum Gasteiger partial charge on any atom is 0.259 e. The van der Waals surface area contributed by atoms with Crippen molar-refractivity contribution in [1.29, 1.82) is 0 Å². The van der Waals surface area contributed by atoms with E-state index in [1.165, 1.54) is 6.42 Å². The summed E-state index contributed by atoms with van der Waals surface area (Å²) in [5, 5.41) is 9.81. The van der Waals surface area contributed by atoms with Crippen LogP contribution < -0.4 is 4.74 Å². The normalized spacial score (nSPS) is 21.9. The number of unbranched alkanes of at least 4 members (excludes halogenated alkanes) is 1. The van der Waals surface area contributed by atoms with E-state index in [4.69, 9.17) is 4.74 Å². The van der Waals surface area contributed by atoms with E-state index in [0.29, 0.717) is 24.2 Å². The standard InChI is InChI=1S/C27H39N3O4/c1-5-6-8-11-21-14-23-25(28-15-21)34-24(19(2)16-30(27(23)33)20(3)18-31)17-29(4)26(32)22-12-9-7-10-13-22/h14-15,19-20,22,24,31H,5-7,9-10,12-13,16-18H2,1-4H3/t19-,20+,24-/m1/s1. The van der Waals surface area contributed by atoms with Crippen molar-refractivity contribution >= 4 is 11.8 Å². The summed E-state index contributed by atoms with van der Waals surface area (Å²) in [6, 6.07) is 1.38. The zero-order chi connectivity index (χ0) is 24.7. The molecule has 186 valence electrons. The molecule has 0 spiro atoms. The molecule has 0 bridgehead atoms. The van der Waals surface area contributed by atoms with E-state index in [-0.39, 0.29) is 48.3 Å². The molecule has 0 saturated heterocycles. The zero-order valence-electron chi connectivity index (χ0n) is 21.0. The second-order valence-corrected chi connectivity index (χ2v) is 9.80. The summed E-state index contributed by atoms with van der Waals surface area (Å²) in [6.45, 7) is 6.62. The molecule has 1 aliphatic heterocycles. The van der Waals surface area contributed by atoms with Crippen LogP contribution in [-0.2, 0) is 4.79 Å². The fourth-order valence-electron chi connectivity index (χ4n) is 4.70. The highest BCUT2D eigenvalue weighted by Crippen LogP contribution is 2.29. The molecular formula is C27H39N3O4. The highest BCUT2D eigenvalue weighted by atomic mass is 16.5. The second-order valence-electron chi connectivity index (χ2n) is 9.80. The van der Waals surface area contributed by atoms with E-state index >= 15 is 0 Å².